The van der Waals surface area contributed by atoms with Crippen LogP contribution < -0.4 is 5.32 Å². The molecule has 2 aromatic carbocycles. The molecule has 1 amide bonds. The van der Waals surface area contributed by atoms with Gasteiger partial charge in [0, 0.05) is 22.8 Å². The van der Waals surface area contributed by atoms with Crippen LogP contribution in [0.15, 0.2) is 54.6 Å². The summed E-state index contributed by atoms with van der Waals surface area (Å²) in [5.74, 6) is -0.574. The monoisotopic (exact) mass is 373 g/mol. The quantitative estimate of drug-likeness (QED) is 0.758. The van der Waals surface area contributed by atoms with E-state index in [1.165, 1.54) is 6.92 Å². The standard InChI is InChI=1S/C20H23NO4S/c1-14(17-9-5-4-6-10-17)21-19(22)15(2)25-20(23)18-11-7-8-16(12-18)13-26(3)24/h4-12,14-15H,13H2,1-3H3,(H,21,22). The molecule has 0 heterocycles. The van der Waals surface area contributed by atoms with Gasteiger partial charge in [-0.2, -0.15) is 0 Å². The fourth-order valence-electron chi connectivity index (χ4n) is 2.46. The number of hydrogen-bond donors (Lipinski definition) is 1. The van der Waals surface area contributed by atoms with E-state index in [2.05, 4.69) is 5.32 Å². The Balaban J connectivity index is 1.95. The van der Waals surface area contributed by atoms with Crippen molar-refractivity contribution in [3.63, 3.8) is 0 Å². The molecule has 3 atom stereocenters. The molecule has 0 aliphatic carbocycles. The zero-order valence-electron chi connectivity index (χ0n) is 15.1. The zero-order valence-corrected chi connectivity index (χ0v) is 15.9. The molecule has 2 aromatic rings. The summed E-state index contributed by atoms with van der Waals surface area (Å²) in [7, 11) is -0.997. The van der Waals surface area contributed by atoms with Crippen LogP contribution in [0.2, 0.25) is 0 Å². The minimum atomic E-state index is -0.997. The van der Waals surface area contributed by atoms with Gasteiger partial charge >= 0.3 is 5.97 Å². The Morgan fingerprint density at radius 3 is 2.42 bits per heavy atom. The van der Waals surface area contributed by atoms with Gasteiger partial charge in [-0.3, -0.25) is 9.00 Å². The second-order valence-corrected chi connectivity index (χ2v) is 7.54. The number of amides is 1. The zero-order chi connectivity index (χ0) is 19.1. The summed E-state index contributed by atoms with van der Waals surface area (Å²) in [6.45, 7) is 3.41. The molecule has 0 aliphatic heterocycles. The van der Waals surface area contributed by atoms with Crippen molar-refractivity contribution in [3.05, 3.63) is 71.3 Å². The molecule has 0 bridgehead atoms. The van der Waals surface area contributed by atoms with E-state index in [0.29, 0.717) is 11.3 Å². The number of esters is 1. The van der Waals surface area contributed by atoms with Crippen molar-refractivity contribution < 1.29 is 18.5 Å². The highest BCUT2D eigenvalue weighted by molar-refractivity contribution is 7.83. The van der Waals surface area contributed by atoms with Gasteiger partial charge in [-0.15, -0.1) is 0 Å². The maximum Gasteiger partial charge on any atom is 0.338 e. The molecule has 0 aliphatic rings. The summed E-state index contributed by atoms with van der Waals surface area (Å²) in [6, 6.07) is 16.1. The van der Waals surface area contributed by atoms with Crippen molar-refractivity contribution in [2.45, 2.75) is 31.7 Å². The summed E-state index contributed by atoms with van der Waals surface area (Å²) >= 11 is 0. The Morgan fingerprint density at radius 2 is 1.77 bits per heavy atom. The number of hydrogen-bond acceptors (Lipinski definition) is 4. The van der Waals surface area contributed by atoms with E-state index >= 15 is 0 Å². The van der Waals surface area contributed by atoms with Gasteiger partial charge < -0.3 is 10.1 Å². The predicted octanol–water partition coefficient (Wildman–Crippen LogP) is 2.99. The molecule has 0 radical (unpaired) electrons. The van der Waals surface area contributed by atoms with Gasteiger partial charge in [0.15, 0.2) is 6.10 Å². The summed E-state index contributed by atoms with van der Waals surface area (Å²) in [6.07, 6.45) is 0.684. The van der Waals surface area contributed by atoms with E-state index in [0.717, 1.165) is 11.1 Å². The Kier molecular flexibility index (Phi) is 7.09. The molecular formula is C20H23NO4S. The third kappa shape index (κ3) is 5.81. The smallest absolute Gasteiger partial charge is 0.338 e. The Labute approximate surface area is 156 Å². The second-order valence-electron chi connectivity index (χ2n) is 6.11. The van der Waals surface area contributed by atoms with Crippen LogP contribution in [0.3, 0.4) is 0 Å². The molecule has 26 heavy (non-hydrogen) atoms. The largest absolute Gasteiger partial charge is 0.449 e. The number of carbonyl (C=O) groups is 2. The highest BCUT2D eigenvalue weighted by Gasteiger charge is 2.21. The van der Waals surface area contributed by atoms with Crippen molar-refractivity contribution in [1.29, 1.82) is 0 Å². The molecule has 0 saturated carbocycles. The molecule has 2 rings (SSSR count). The molecular weight excluding hydrogens is 350 g/mol. The summed E-state index contributed by atoms with van der Waals surface area (Å²) < 4.78 is 16.6. The Morgan fingerprint density at radius 1 is 1.08 bits per heavy atom. The van der Waals surface area contributed by atoms with E-state index < -0.39 is 22.9 Å². The molecule has 6 heteroatoms. The van der Waals surface area contributed by atoms with Crippen LogP contribution in [0.1, 0.15) is 41.4 Å². The average molecular weight is 373 g/mol. The van der Waals surface area contributed by atoms with E-state index in [9.17, 15) is 13.8 Å². The van der Waals surface area contributed by atoms with E-state index in [1.54, 1.807) is 30.5 Å². The maximum absolute atomic E-state index is 12.3. The molecule has 138 valence electrons. The van der Waals surface area contributed by atoms with Crippen molar-refractivity contribution in [3.8, 4) is 0 Å². The lowest BCUT2D eigenvalue weighted by atomic mass is 10.1. The number of carbonyl (C=O) groups excluding carboxylic acids is 2. The van der Waals surface area contributed by atoms with Crippen LogP contribution >= 0.6 is 0 Å². The highest BCUT2D eigenvalue weighted by Crippen LogP contribution is 2.13. The molecule has 0 fully saturated rings. The van der Waals surface area contributed by atoms with Crippen LogP contribution in [0.5, 0.6) is 0 Å². The van der Waals surface area contributed by atoms with Crippen LogP contribution in [-0.4, -0.2) is 28.4 Å². The second kappa shape index (κ2) is 9.29. The summed E-state index contributed by atoms with van der Waals surface area (Å²) in [5.41, 5.74) is 2.10. The summed E-state index contributed by atoms with van der Waals surface area (Å²) in [4.78, 5) is 24.6. The van der Waals surface area contributed by atoms with Crippen LogP contribution in [0.4, 0.5) is 0 Å². The first-order chi connectivity index (χ1) is 12.4. The van der Waals surface area contributed by atoms with Gasteiger partial charge in [-0.05, 0) is 37.1 Å². The third-order valence-electron chi connectivity index (χ3n) is 3.84. The van der Waals surface area contributed by atoms with Crippen LogP contribution in [0, 0.1) is 0 Å². The lowest BCUT2D eigenvalue weighted by Gasteiger charge is -2.18. The third-order valence-corrected chi connectivity index (χ3v) is 4.58. The first kappa shape index (κ1) is 19.8. The van der Waals surface area contributed by atoms with Gasteiger partial charge in [0.2, 0.25) is 0 Å². The van der Waals surface area contributed by atoms with E-state index in [-0.39, 0.29) is 11.9 Å². The molecule has 0 spiro atoms. The van der Waals surface area contributed by atoms with Gasteiger partial charge in [-0.1, -0.05) is 42.5 Å². The van der Waals surface area contributed by atoms with Crippen molar-refractivity contribution >= 4 is 22.7 Å². The lowest BCUT2D eigenvalue weighted by molar-refractivity contribution is -0.129. The van der Waals surface area contributed by atoms with Gasteiger partial charge in [0.25, 0.3) is 5.91 Å². The molecule has 1 N–H and O–H groups in total. The Hall–Kier alpha value is -2.47. The first-order valence-electron chi connectivity index (χ1n) is 8.32. The van der Waals surface area contributed by atoms with Crippen molar-refractivity contribution in [1.82, 2.24) is 5.32 Å². The number of benzene rings is 2. The van der Waals surface area contributed by atoms with Gasteiger partial charge in [0.05, 0.1) is 11.6 Å². The SMILES string of the molecule is CC(OC(=O)c1cccc(CS(C)=O)c1)C(=O)NC(C)c1ccccc1. The molecule has 5 nitrogen and oxygen atoms in total. The van der Waals surface area contributed by atoms with Gasteiger partial charge in [0.1, 0.15) is 0 Å². The van der Waals surface area contributed by atoms with Crippen LogP contribution in [-0.2, 0) is 26.1 Å². The lowest BCUT2D eigenvalue weighted by Crippen LogP contribution is -2.37. The fraction of sp³-hybridized carbons (Fsp3) is 0.300. The number of nitrogens with one attached hydrogen (secondary N) is 1. The normalized spacial score (nSPS) is 14.1. The van der Waals surface area contributed by atoms with Crippen molar-refractivity contribution in [2.75, 3.05) is 6.26 Å². The van der Waals surface area contributed by atoms with E-state index in [4.69, 9.17) is 4.74 Å². The molecule has 0 aromatic heterocycles. The van der Waals surface area contributed by atoms with Crippen LogP contribution in [0.25, 0.3) is 0 Å². The number of ether oxygens (including phenoxy) is 1. The Bertz CT molecular complexity index is 791. The van der Waals surface area contributed by atoms with E-state index in [1.807, 2.05) is 37.3 Å². The summed E-state index contributed by atoms with van der Waals surface area (Å²) in [5, 5.41) is 2.83. The minimum absolute atomic E-state index is 0.187. The minimum Gasteiger partial charge on any atom is -0.449 e. The topological polar surface area (TPSA) is 72.5 Å². The number of rotatable bonds is 7. The average Bonchev–Trinajstić information content (AvgIpc) is 2.62. The highest BCUT2D eigenvalue weighted by atomic mass is 32.2. The fourth-order valence-corrected chi connectivity index (χ4v) is 3.11. The maximum atomic E-state index is 12.3. The van der Waals surface area contributed by atoms with Gasteiger partial charge in [-0.25, -0.2) is 4.79 Å². The van der Waals surface area contributed by atoms with Crippen molar-refractivity contribution in [2.24, 2.45) is 0 Å². The first-order valence-corrected chi connectivity index (χ1v) is 10.0. The predicted molar refractivity (Wildman–Crippen MR) is 102 cm³/mol. The molecule has 3 unspecified atom stereocenters. The molecule has 0 saturated heterocycles.